The number of halogens is 1. The van der Waals surface area contributed by atoms with Crippen LogP contribution in [-0.2, 0) is 23.9 Å². The van der Waals surface area contributed by atoms with E-state index < -0.39 is 23.1 Å². The molecule has 0 amide bonds. The Morgan fingerprint density at radius 2 is 1.94 bits per heavy atom. The van der Waals surface area contributed by atoms with Crippen molar-refractivity contribution in [2.24, 2.45) is 34.5 Å². The molecule has 7 heteroatoms. The summed E-state index contributed by atoms with van der Waals surface area (Å²) in [6.07, 6.45) is 5.34. The Labute approximate surface area is 195 Å². The molecule has 0 saturated heterocycles. The Balaban J connectivity index is 1.69. The summed E-state index contributed by atoms with van der Waals surface area (Å²) in [5.74, 6) is -0.889. The van der Waals surface area contributed by atoms with Crippen molar-refractivity contribution in [3.05, 3.63) is 0 Å². The molecule has 0 aromatic rings. The summed E-state index contributed by atoms with van der Waals surface area (Å²) in [6, 6.07) is -0.219. The molecule has 0 heterocycles. The maximum Gasteiger partial charge on any atom is 0.340 e. The number of alkyl halides is 1. The van der Waals surface area contributed by atoms with Gasteiger partial charge in [-0.1, -0.05) is 38.8 Å². The van der Waals surface area contributed by atoms with Crippen LogP contribution in [0.1, 0.15) is 78.6 Å². The van der Waals surface area contributed by atoms with E-state index in [9.17, 15) is 19.5 Å². The minimum Gasteiger partial charge on any atom is -0.447 e. The van der Waals surface area contributed by atoms with Crippen molar-refractivity contribution >= 4 is 29.1 Å². The molecule has 8 atom stereocenters. The minimum atomic E-state index is -1.11. The number of ether oxygens (including phenoxy) is 2. The van der Waals surface area contributed by atoms with Gasteiger partial charge in [0.1, 0.15) is 0 Å². The summed E-state index contributed by atoms with van der Waals surface area (Å²) in [5.41, 5.74) is -2.05. The number of aliphatic hydroxyl groups is 1. The normalized spacial score (nSPS) is 45.7. The number of carbonyl (C=O) groups excluding carboxylic acids is 3. The van der Waals surface area contributed by atoms with E-state index >= 15 is 0 Å². The number of carbonyl (C=O) groups is 3. The Kier molecular flexibility index (Phi) is 6.54. The highest BCUT2D eigenvalue weighted by Crippen LogP contribution is 2.68. The van der Waals surface area contributed by atoms with E-state index in [1.165, 1.54) is 0 Å². The summed E-state index contributed by atoms with van der Waals surface area (Å²) < 4.78 is 11.7. The zero-order valence-electron chi connectivity index (χ0n) is 19.5. The second kappa shape index (κ2) is 8.66. The van der Waals surface area contributed by atoms with Gasteiger partial charge in [-0.25, -0.2) is 4.79 Å². The third-order valence-corrected chi connectivity index (χ3v) is 9.87. The van der Waals surface area contributed by atoms with E-state index in [4.69, 9.17) is 21.1 Å². The van der Waals surface area contributed by atoms with Crippen LogP contribution in [0.15, 0.2) is 0 Å². The molecular formula is C25H37ClO6. The van der Waals surface area contributed by atoms with Crippen LogP contribution in [0, 0.1) is 34.5 Å². The molecule has 0 aliphatic heterocycles. The first-order chi connectivity index (χ1) is 15.2. The zero-order chi connectivity index (χ0) is 23.3. The maximum atomic E-state index is 13.3. The molecule has 0 radical (unpaired) electrons. The first-order valence-electron chi connectivity index (χ1n) is 12.3. The Bertz CT molecular complexity index is 784. The van der Waals surface area contributed by atoms with Crippen molar-refractivity contribution < 1.29 is 29.0 Å². The summed E-state index contributed by atoms with van der Waals surface area (Å²) in [7, 11) is 0. The topological polar surface area (TPSA) is 89.9 Å². The zero-order valence-corrected chi connectivity index (χ0v) is 20.3. The lowest BCUT2D eigenvalue weighted by Crippen LogP contribution is -2.64. The van der Waals surface area contributed by atoms with Gasteiger partial charge in [-0.15, -0.1) is 0 Å². The average Bonchev–Trinajstić information content (AvgIpc) is 3.04. The van der Waals surface area contributed by atoms with Crippen LogP contribution >= 0.6 is 11.6 Å². The van der Waals surface area contributed by atoms with Crippen LogP contribution in [0.2, 0.25) is 0 Å². The highest BCUT2D eigenvalue weighted by atomic mass is 35.5. The van der Waals surface area contributed by atoms with E-state index in [0.717, 1.165) is 25.7 Å². The van der Waals surface area contributed by atoms with Crippen molar-refractivity contribution in [1.82, 2.24) is 0 Å². The van der Waals surface area contributed by atoms with Crippen LogP contribution in [0.3, 0.4) is 0 Å². The molecule has 0 spiro atoms. The van der Waals surface area contributed by atoms with Crippen molar-refractivity contribution in [3.63, 3.8) is 0 Å². The fourth-order valence-electron chi connectivity index (χ4n) is 8.25. The first kappa shape index (κ1) is 24.2. The van der Waals surface area contributed by atoms with Crippen LogP contribution in [0.4, 0.5) is 0 Å². The van der Waals surface area contributed by atoms with Crippen molar-refractivity contribution in [2.45, 2.75) is 90.3 Å². The molecule has 0 aromatic heterocycles. The molecular weight excluding hydrogens is 432 g/mol. The van der Waals surface area contributed by atoms with Crippen LogP contribution < -0.4 is 0 Å². The SMILES string of the molecule is CCCCOC1(C(=O)OCCl)CC[C@H]2[C@@H]3CCC4C(=O)C(=O)CC[C@]4(C)[C@@H]3C(O)C[C@@]21C. The van der Waals surface area contributed by atoms with Crippen LogP contribution in [-0.4, -0.2) is 47.0 Å². The second-order valence-electron chi connectivity index (χ2n) is 11.0. The molecule has 3 unspecified atom stereocenters. The number of ketones is 2. The van der Waals surface area contributed by atoms with E-state index in [1.54, 1.807) is 0 Å². The highest BCUT2D eigenvalue weighted by Gasteiger charge is 2.71. The summed E-state index contributed by atoms with van der Waals surface area (Å²) in [4.78, 5) is 38.1. The van der Waals surface area contributed by atoms with E-state index in [-0.39, 0.29) is 53.1 Å². The highest BCUT2D eigenvalue weighted by molar-refractivity contribution is 6.38. The third-order valence-electron chi connectivity index (χ3n) is 9.76. The van der Waals surface area contributed by atoms with E-state index in [0.29, 0.717) is 32.3 Å². The van der Waals surface area contributed by atoms with Gasteiger partial charge in [0.15, 0.2) is 17.5 Å². The smallest absolute Gasteiger partial charge is 0.340 e. The number of rotatable bonds is 6. The van der Waals surface area contributed by atoms with Crippen molar-refractivity contribution in [1.29, 1.82) is 0 Å². The molecule has 4 fully saturated rings. The minimum absolute atomic E-state index is 0.0492. The van der Waals surface area contributed by atoms with E-state index in [1.807, 2.05) is 0 Å². The number of unbranched alkanes of at least 4 members (excludes halogenated alkanes) is 1. The van der Waals surface area contributed by atoms with Gasteiger partial charge in [-0.2, -0.15) is 0 Å². The van der Waals surface area contributed by atoms with Crippen molar-refractivity contribution in [2.75, 3.05) is 12.7 Å². The molecule has 6 nitrogen and oxygen atoms in total. The van der Waals surface area contributed by atoms with Gasteiger partial charge in [0, 0.05) is 24.4 Å². The largest absolute Gasteiger partial charge is 0.447 e. The lowest BCUT2D eigenvalue weighted by atomic mass is 9.43. The van der Waals surface area contributed by atoms with Crippen LogP contribution in [0.5, 0.6) is 0 Å². The van der Waals surface area contributed by atoms with Gasteiger partial charge < -0.3 is 14.6 Å². The third kappa shape index (κ3) is 3.31. The van der Waals surface area contributed by atoms with Gasteiger partial charge >= 0.3 is 5.97 Å². The Hall–Kier alpha value is -0.980. The summed E-state index contributed by atoms with van der Waals surface area (Å²) in [5, 5.41) is 11.6. The molecule has 0 bridgehead atoms. The molecule has 0 aromatic carbocycles. The fraction of sp³-hybridized carbons (Fsp3) is 0.880. The van der Waals surface area contributed by atoms with E-state index in [2.05, 4.69) is 20.8 Å². The first-order valence-corrected chi connectivity index (χ1v) is 12.8. The molecule has 32 heavy (non-hydrogen) atoms. The number of hydrogen-bond donors (Lipinski definition) is 1. The predicted octanol–water partition coefficient (Wildman–Crippen LogP) is 4.04. The Morgan fingerprint density at radius 3 is 2.62 bits per heavy atom. The number of fused-ring (bicyclic) bond motifs is 5. The molecule has 4 aliphatic rings. The van der Waals surface area contributed by atoms with Gasteiger partial charge in [-0.3, -0.25) is 9.59 Å². The van der Waals surface area contributed by atoms with Gasteiger partial charge in [-0.05, 0) is 68.1 Å². The maximum absolute atomic E-state index is 13.3. The van der Waals surface area contributed by atoms with Gasteiger partial charge in [0.25, 0.3) is 0 Å². The molecule has 4 aliphatic carbocycles. The Morgan fingerprint density at radius 1 is 1.19 bits per heavy atom. The average molecular weight is 469 g/mol. The van der Waals surface area contributed by atoms with Crippen molar-refractivity contribution in [3.8, 4) is 0 Å². The molecule has 180 valence electrons. The second-order valence-corrected chi connectivity index (χ2v) is 11.2. The summed E-state index contributed by atoms with van der Waals surface area (Å²) >= 11 is 5.77. The van der Waals surface area contributed by atoms with Gasteiger partial charge in [0.05, 0.1) is 6.10 Å². The monoisotopic (exact) mass is 468 g/mol. The molecule has 4 rings (SSSR count). The predicted molar refractivity (Wildman–Crippen MR) is 119 cm³/mol. The van der Waals surface area contributed by atoms with Gasteiger partial charge in [0.2, 0.25) is 5.78 Å². The lowest BCUT2D eigenvalue weighted by Gasteiger charge is -2.62. The van der Waals surface area contributed by atoms with Crippen LogP contribution in [0.25, 0.3) is 0 Å². The number of hydrogen-bond acceptors (Lipinski definition) is 6. The number of aliphatic hydroxyl groups excluding tert-OH is 1. The fourth-order valence-corrected chi connectivity index (χ4v) is 8.35. The standard InChI is InChI=1S/C25H37ClO6/c1-4-5-12-32-25(22(30)31-14-26)11-8-16-15-6-7-17-21(29)18(27)9-10-23(17,2)20(15)19(28)13-24(16,25)3/h15-17,19-20,28H,4-14H2,1-3H3/t15-,16-,17?,19?,20-,23-,24-,25?/m0/s1. The number of esters is 1. The molecule has 4 saturated carbocycles. The quantitative estimate of drug-likeness (QED) is 0.274. The lowest BCUT2D eigenvalue weighted by molar-refractivity contribution is -0.219. The number of Topliss-reactive ketones (excluding diaryl/α,β-unsaturated/α-hetero) is 2. The molecule has 1 N–H and O–H groups in total. The summed E-state index contributed by atoms with van der Waals surface area (Å²) in [6.45, 7) is 6.73.